The van der Waals surface area contributed by atoms with Crippen LogP contribution in [0.3, 0.4) is 0 Å². The Morgan fingerprint density at radius 3 is 1.89 bits per heavy atom. The van der Waals surface area contributed by atoms with Crippen molar-refractivity contribution < 1.29 is 9.53 Å². The fourth-order valence-electron chi connectivity index (χ4n) is 1.76. The normalized spacial score (nSPS) is 11.9. The maximum absolute atomic E-state index is 11.1. The van der Waals surface area contributed by atoms with Crippen molar-refractivity contribution in [3.63, 3.8) is 0 Å². The molecular weight excluding hydrogens is 236 g/mol. The van der Waals surface area contributed by atoms with E-state index in [0.29, 0.717) is 0 Å². The van der Waals surface area contributed by atoms with Crippen LogP contribution in [-0.2, 0) is 4.79 Å². The van der Waals surface area contributed by atoms with Gasteiger partial charge in [-0.3, -0.25) is 4.79 Å². The van der Waals surface area contributed by atoms with Gasteiger partial charge in [0.1, 0.15) is 5.75 Å². The Hall–Kier alpha value is -2.09. The Morgan fingerprint density at radius 2 is 1.42 bits per heavy atom. The average molecular weight is 254 g/mol. The monoisotopic (exact) mass is 254 g/mol. The van der Waals surface area contributed by atoms with Crippen LogP contribution in [0.4, 0.5) is 0 Å². The molecule has 0 aromatic heterocycles. The third-order valence-electron chi connectivity index (χ3n) is 3.12. The predicted molar refractivity (Wildman–Crippen MR) is 77.4 cm³/mol. The number of ether oxygens (including phenoxy) is 1. The molecule has 2 rings (SSSR count). The maximum Gasteiger partial charge on any atom is 0.169 e. The zero-order valence-corrected chi connectivity index (χ0v) is 11.5. The summed E-state index contributed by atoms with van der Waals surface area (Å²) < 4.78 is 5.54. The third kappa shape index (κ3) is 3.44. The van der Waals surface area contributed by atoms with E-state index in [0.717, 1.165) is 11.3 Å². The lowest BCUT2D eigenvalue weighted by Crippen LogP contribution is -2.20. The number of carbonyl (C=O) groups is 1. The molecule has 0 saturated heterocycles. The molecule has 19 heavy (non-hydrogen) atoms. The number of benzene rings is 2. The molecule has 0 aliphatic rings. The molecule has 0 N–H and O–H groups in total. The average Bonchev–Trinajstić information content (AvgIpc) is 2.40. The van der Waals surface area contributed by atoms with E-state index in [1.165, 1.54) is 18.1 Å². The standard InChI is InChI=1S/C17H18O2/c1-12-4-6-15(7-5-12)16-8-10-17(11-9-16)19-14(3)13(2)18/h4-11,14H,1-3H3. The van der Waals surface area contributed by atoms with Gasteiger partial charge in [0.05, 0.1) is 0 Å². The Labute approximate surface area is 114 Å². The topological polar surface area (TPSA) is 26.3 Å². The van der Waals surface area contributed by atoms with Crippen LogP contribution in [0.25, 0.3) is 11.1 Å². The first-order valence-electron chi connectivity index (χ1n) is 6.40. The number of hydrogen-bond donors (Lipinski definition) is 0. The summed E-state index contributed by atoms with van der Waals surface area (Å²) in [5.74, 6) is 0.751. The highest BCUT2D eigenvalue weighted by atomic mass is 16.5. The molecule has 0 fully saturated rings. The van der Waals surface area contributed by atoms with Gasteiger partial charge in [-0.15, -0.1) is 0 Å². The molecule has 2 aromatic carbocycles. The van der Waals surface area contributed by atoms with Crippen LogP contribution in [0, 0.1) is 6.92 Å². The molecule has 0 radical (unpaired) electrons. The first-order valence-corrected chi connectivity index (χ1v) is 6.40. The summed E-state index contributed by atoms with van der Waals surface area (Å²) in [6.45, 7) is 5.37. The van der Waals surface area contributed by atoms with Crippen molar-refractivity contribution in [1.29, 1.82) is 0 Å². The second-order valence-electron chi connectivity index (χ2n) is 4.76. The van der Waals surface area contributed by atoms with E-state index in [9.17, 15) is 4.79 Å². The van der Waals surface area contributed by atoms with Crippen molar-refractivity contribution in [1.82, 2.24) is 0 Å². The van der Waals surface area contributed by atoms with Crippen LogP contribution >= 0.6 is 0 Å². The van der Waals surface area contributed by atoms with Crippen molar-refractivity contribution in [2.75, 3.05) is 0 Å². The van der Waals surface area contributed by atoms with Gasteiger partial charge < -0.3 is 4.74 Å². The SMILES string of the molecule is CC(=O)C(C)Oc1ccc(-c2ccc(C)cc2)cc1. The van der Waals surface area contributed by atoms with Gasteiger partial charge in [0.2, 0.25) is 0 Å². The van der Waals surface area contributed by atoms with Crippen LogP contribution in [0.2, 0.25) is 0 Å². The molecule has 98 valence electrons. The minimum absolute atomic E-state index is 0.0302. The molecule has 2 aromatic rings. The first-order chi connectivity index (χ1) is 9.06. The largest absolute Gasteiger partial charge is 0.483 e. The van der Waals surface area contributed by atoms with E-state index in [1.807, 2.05) is 24.3 Å². The third-order valence-corrected chi connectivity index (χ3v) is 3.12. The van der Waals surface area contributed by atoms with Gasteiger partial charge in [0.15, 0.2) is 11.9 Å². The van der Waals surface area contributed by atoms with Gasteiger partial charge in [0.25, 0.3) is 0 Å². The highest BCUT2D eigenvalue weighted by Crippen LogP contribution is 2.23. The minimum Gasteiger partial charge on any atom is -0.483 e. The molecule has 1 atom stereocenters. The van der Waals surface area contributed by atoms with E-state index in [1.54, 1.807) is 6.92 Å². The number of ketones is 1. The number of Topliss-reactive ketones (excluding diaryl/α,β-unsaturated/α-hetero) is 1. The van der Waals surface area contributed by atoms with Gasteiger partial charge in [-0.1, -0.05) is 42.0 Å². The summed E-state index contributed by atoms with van der Waals surface area (Å²) in [6, 6.07) is 16.2. The second-order valence-corrected chi connectivity index (χ2v) is 4.76. The van der Waals surface area contributed by atoms with Crippen molar-refractivity contribution in [3.8, 4) is 16.9 Å². The van der Waals surface area contributed by atoms with Crippen molar-refractivity contribution in [3.05, 3.63) is 54.1 Å². The maximum atomic E-state index is 11.1. The number of carbonyl (C=O) groups excluding carboxylic acids is 1. The van der Waals surface area contributed by atoms with Gasteiger partial charge in [-0.05, 0) is 44.0 Å². The molecule has 2 nitrogen and oxygen atoms in total. The summed E-state index contributed by atoms with van der Waals surface area (Å²) in [6.07, 6.45) is -0.398. The highest BCUT2D eigenvalue weighted by molar-refractivity contribution is 5.80. The van der Waals surface area contributed by atoms with Crippen LogP contribution in [-0.4, -0.2) is 11.9 Å². The molecule has 0 heterocycles. The molecular formula is C17H18O2. The van der Waals surface area contributed by atoms with Gasteiger partial charge in [-0.2, -0.15) is 0 Å². The summed E-state index contributed by atoms with van der Waals surface area (Å²) in [5, 5.41) is 0. The van der Waals surface area contributed by atoms with Crippen molar-refractivity contribution >= 4 is 5.78 Å². The summed E-state index contributed by atoms with van der Waals surface area (Å²) in [7, 11) is 0. The Morgan fingerprint density at radius 1 is 0.947 bits per heavy atom. The van der Waals surface area contributed by atoms with Crippen LogP contribution in [0.5, 0.6) is 5.75 Å². The van der Waals surface area contributed by atoms with Crippen LogP contribution < -0.4 is 4.74 Å². The van der Waals surface area contributed by atoms with E-state index < -0.39 is 6.10 Å². The predicted octanol–water partition coefficient (Wildman–Crippen LogP) is 4.02. The zero-order valence-electron chi connectivity index (χ0n) is 11.5. The van der Waals surface area contributed by atoms with E-state index >= 15 is 0 Å². The highest BCUT2D eigenvalue weighted by Gasteiger charge is 2.08. The first kappa shape index (κ1) is 13.3. The van der Waals surface area contributed by atoms with Crippen molar-refractivity contribution in [2.45, 2.75) is 26.9 Å². The van der Waals surface area contributed by atoms with Crippen LogP contribution in [0.15, 0.2) is 48.5 Å². The van der Waals surface area contributed by atoms with Crippen molar-refractivity contribution in [2.24, 2.45) is 0 Å². The lowest BCUT2D eigenvalue weighted by molar-refractivity contribution is -0.122. The molecule has 1 unspecified atom stereocenters. The summed E-state index contributed by atoms with van der Waals surface area (Å²) in [4.78, 5) is 11.1. The smallest absolute Gasteiger partial charge is 0.169 e. The molecule has 0 saturated carbocycles. The summed E-state index contributed by atoms with van der Waals surface area (Å²) >= 11 is 0. The van der Waals surface area contributed by atoms with E-state index in [-0.39, 0.29) is 5.78 Å². The lowest BCUT2D eigenvalue weighted by Gasteiger charge is -2.12. The fraction of sp³-hybridized carbons (Fsp3) is 0.235. The van der Waals surface area contributed by atoms with Gasteiger partial charge in [-0.25, -0.2) is 0 Å². The van der Waals surface area contributed by atoms with Gasteiger partial charge in [0, 0.05) is 0 Å². The van der Waals surface area contributed by atoms with E-state index in [4.69, 9.17) is 4.74 Å². The number of aryl methyl sites for hydroxylation is 1. The molecule has 0 bridgehead atoms. The molecule has 2 heteroatoms. The Balaban J connectivity index is 2.14. The molecule has 0 aliphatic carbocycles. The quantitative estimate of drug-likeness (QED) is 0.823. The minimum atomic E-state index is -0.398. The summed E-state index contributed by atoms with van der Waals surface area (Å²) in [5.41, 5.74) is 3.57. The number of hydrogen-bond acceptors (Lipinski definition) is 2. The Kier molecular flexibility index (Phi) is 4.00. The number of rotatable bonds is 4. The second kappa shape index (κ2) is 5.70. The molecule has 0 aliphatic heterocycles. The zero-order chi connectivity index (χ0) is 13.8. The fourth-order valence-corrected chi connectivity index (χ4v) is 1.76. The van der Waals surface area contributed by atoms with Gasteiger partial charge >= 0.3 is 0 Å². The van der Waals surface area contributed by atoms with Crippen LogP contribution in [0.1, 0.15) is 19.4 Å². The molecule has 0 amide bonds. The Bertz CT molecular complexity index is 553. The molecule has 0 spiro atoms. The van der Waals surface area contributed by atoms with E-state index in [2.05, 4.69) is 31.2 Å². The lowest BCUT2D eigenvalue weighted by atomic mass is 10.0.